The van der Waals surface area contributed by atoms with Crippen molar-refractivity contribution < 1.29 is 22.3 Å². The highest BCUT2D eigenvalue weighted by atomic mass is 32.2. The number of hydrogen-bond acceptors (Lipinski definition) is 6. The molecule has 2 aromatic carbocycles. The molecule has 0 fully saturated rings. The smallest absolute Gasteiger partial charge is 0.232 e. The van der Waals surface area contributed by atoms with Gasteiger partial charge in [-0.05, 0) is 52.6 Å². The van der Waals surface area contributed by atoms with Crippen molar-refractivity contribution in [3.8, 4) is 17.0 Å². The normalized spacial score (nSPS) is 19.8. The van der Waals surface area contributed by atoms with Crippen LogP contribution in [0.25, 0.3) is 11.1 Å². The zero-order valence-corrected chi connectivity index (χ0v) is 20.8. The van der Waals surface area contributed by atoms with E-state index in [4.69, 9.17) is 4.74 Å². The Morgan fingerprint density at radius 2 is 1.89 bits per heavy atom. The molecule has 0 N–H and O–H groups in total. The lowest BCUT2D eigenvalue weighted by atomic mass is 9.95. The fourth-order valence-corrected chi connectivity index (χ4v) is 6.14. The third-order valence-electron chi connectivity index (χ3n) is 6.71. The summed E-state index contributed by atoms with van der Waals surface area (Å²) < 4.78 is 43.0. The predicted molar refractivity (Wildman–Crippen MR) is 136 cm³/mol. The first-order valence-corrected chi connectivity index (χ1v) is 13.3. The number of likely N-dealkylation sites (N-methyl/N-ethyl adjacent to an activating group) is 1. The molecule has 9 heteroatoms. The largest absolute Gasteiger partial charge is 0.481 e. The van der Waals surface area contributed by atoms with E-state index in [1.54, 1.807) is 41.4 Å². The van der Waals surface area contributed by atoms with E-state index >= 15 is 0 Å². The number of ether oxygens (including phenoxy) is 1. The van der Waals surface area contributed by atoms with Gasteiger partial charge in [-0.15, -0.1) is 0 Å². The van der Waals surface area contributed by atoms with Crippen molar-refractivity contribution in [2.45, 2.75) is 18.5 Å². The molecule has 0 radical (unpaired) electrons. The third kappa shape index (κ3) is 4.70. The number of halogens is 1. The number of nitrogens with zero attached hydrogens (tertiary/aromatic N) is 3. The fraction of sp³-hybridized carbons (Fsp3) is 0.259. The van der Waals surface area contributed by atoms with E-state index < -0.39 is 21.8 Å². The number of amides is 1. The van der Waals surface area contributed by atoms with Gasteiger partial charge in [0.05, 0.1) is 24.8 Å². The molecular formula is C27H26FN3O4S. The van der Waals surface area contributed by atoms with E-state index in [0.29, 0.717) is 12.4 Å². The van der Waals surface area contributed by atoms with Crippen LogP contribution in [0.5, 0.6) is 5.88 Å². The van der Waals surface area contributed by atoms with Gasteiger partial charge in [-0.25, -0.2) is 17.8 Å². The number of fused-ring (bicyclic) bond motifs is 1. The number of carbonyl (C=O) groups is 1. The van der Waals surface area contributed by atoms with Crippen LogP contribution < -0.4 is 9.64 Å². The number of carbonyl (C=O) groups excluding carboxylic acids is 1. The molecule has 186 valence electrons. The van der Waals surface area contributed by atoms with Gasteiger partial charge in [-0.3, -0.25) is 4.79 Å². The minimum Gasteiger partial charge on any atom is -0.481 e. The molecule has 0 spiro atoms. The highest BCUT2D eigenvalue weighted by Gasteiger charge is 2.39. The molecule has 3 heterocycles. The van der Waals surface area contributed by atoms with Gasteiger partial charge in [0.15, 0.2) is 9.84 Å². The predicted octanol–water partition coefficient (Wildman–Crippen LogP) is 3.77. The van der Waals surface area contributed by atoms with E-state index in [0.717, 1.165) is 27.9 Å². The molecule has 2 aliphatic heterocycles. The van der Waals surface area contributed by atoms with Gasteiger partial charge in [-0.1, -0.05) is 24.3 Å². The number of benzene rings is 2. The zero-order valence-electron chi connectivity index (χ0n) is 20.0. The quantitative estimate of drug-likeness (QED) is 0.506. The summed E-state index contributed by atoms with van der Waals surface area (Å²) in [7, 11) is 0.0879. The maximum absolute atomic E-state index is 14.0. The van der Waals surface area contributed by atoms with Gasteiger partial charge in [0, 0.05) is 43.5 Å². The molecular weight excluding hydrogens is 481 g/mol. The number of rotatable bonds is 6. The summed E-state index contributed by atoms with van der Waals surface area (Å²) in [5.74, 6) is -0.600. The van der Waals surface area contributed by atoms with E-state index in [1.165, 1.54) is 24.7 Å². The SMILES string of the molecule is COc1cc(CN(C(=O)C2CN(C)c3cc(-c4ccc(F)cc4)ccc32)C2C=CS(=O)(=O)C2)ccn1. The van der Waals surface area contributed by atoms with Gasteiger partial charge >= 0.3 is 0 Å². The van der Waals surface area contributed by atoms with Gasteiger partial charge < -0.3 is 14.5 Å². The van der Waals surface area contributed by atoms with Crippen LogP contribution in [0.2, 0.25) is 0 Å². The Morgan fingerprint density at radius 3 is 2.58 bits per heavy atom. The van der Waals surface area contributed by atoms with Crippen molar-refractivity contribution in [2.24, 2.45) is 0 Å². The van der Waals surface area contributed by atoms with E-state index in [9.17, 15) is 17.6 Å². The molecule has 2 atom stereocenters. The van der Waals surface area contributed by atoms with Crippen LogP contribution >= 0.6 is 0 Å². The maximum Gasteiger partial charge on any atom is 0.232 e. The van der Waals surface area contributed by atoms with Crippen LogP contribution in [0, 0.1) is 5.82 Å². The van der Waals surface area contributed by atoms with Gasteiger partial charge in [-0.2, -0.15) is 0 Å². The lowest BCUT2D eigenvalue weighted by Crippen LogP contribution is -2.43. The van der Waals surface area contributed by atoms with Crippen LogP contribution in [-0.2, 0) is 21.2 Å². The summed E-state index contributed by atoms with van der Waals surface area (Å²) in [6.45, 7) is 0.700. The molecule has 0 bridgehead atoms. The van der Waals surface area contributed by atoms with Gasteiger partial charge in [0.2, 0.25) is 11.8 Å². The van der Waals surface area contributed by atoms with Crippen molar-refractivity contribution in [1.29, 1.82) is 0 Å². The Labute approximate surface area is 209 Å². The molecule has 5 rings (SSSR count). The topological polar surface area (TPSA) is 79.8 Å². The average Bonchev–Trinajstić information content (AvgIpc) is 3.41. The van der Waals surface area contributed by atoms with Crippen LogP contribution in [0.3, 0.4) is 0 Å². The molecule has 7 nitrogen and oxygen atoms in total. The standard InChI is InChI=1S/C27H26FN3O4S/c1-30-16-24(23-8-5-20(14-25(23)30)19-3-6-21(28)7-4-19)27(32)31(22-10-12-36(33,34)17-22)15-18-9-11-29-26(13-18)35-2/h3-14,22,24H,15-17H2,1-2H3. The third-order valence-corrected chi connectivity index (χ3v) is 8.08. The first-order valence-electron chi connectivity index (χ1n) is 11.6. The lowest BCUT2D eigenvalue weighted by Gasteiger charge is -2.30. The number of sulfone groups is 1. The Hall–Kier alpha value is -3.72. The Kier molecular flexibility index (Phi) is 6.26. The molecule has 0 saturated carbocycles. The Morgan fingerprint density at radius 1 is 1.14 bits per heavy atom. The summed E-state index contributed by atoms with van der Waals surface area (Å²) >= 11 is 0. The minimum atomic E-state index is -3.36. The average molecular weight is 508 g/mol. The minimum absolute atomic E-state index is 0.139. The van der Waals surface area contributed by atoms with Gasteiger partial charge in [0.25, 0.3) is 0 Å². The maximum atomic E-state index is 14.0. The summed E-state index contributed by atoms with van der Waals surface area (Å²) in [6.07, 6.45) is 3.19. The number of methoxy groups -OCH3 is 1. The van der Waals surface area contributed by atoms with Crippen LogP contribution in [0.15, 0.2) is 72.3 Å². The Bertz CT molecular complexity index is 1440. The van der Waals surface area contributed by atoms with E-state index in [1.807, 2.05) is 30.1 Å². The lowest BCUT2D eigenvalue weighted by molar-refractivity contribution is -0.134. The second-order valence-corrected chi connectivity index (χ2v) is 11.0. The first-order chi connectivity index (χ1) is 17.2. The van der Waals surface area contributed by atoms with Crippen molar-refractivity contribution in [2.75, 3.05) is 31.4 Å². The molecule has 1 aromatic heterocycles. The number of pyridine rings is 1. The summed E-state index contributed by atoms with van der Waals surface area (Å²) in [6, 6.07) is 15.2. The monoisotopic (exact) mass is 507 g/mol. The number of aromatic nitrogens is 1. The van der Waals surface area contributed by atoms with E-state index in [2.05, 4.69) is 4.98 Å². The molecule has 2 unspecified atom stereocenters. The van der Waals surface area contributed by atoms with Crippen LogP contribution in [-0.4, -0.2) is 56.7 Å². The molecule has 3 aromatic rings. The van der Waals surface area contributed by atoms with Crippen molar-refractivity contribution >= 4 is 21.4 Å². The molecule has 0 saturated heterocycles. The number of anilines is 1. The van der Waals surface area contributed by atoms with Gasteiger partial charge in [0.1, 0.15) is 5.82 Å². The van der Waals surface area contributed by atoms with Crippen molar-refractivity contribution in [3.63, 3.8) is 0 Å². The van der Waals surface area contributed by atoms with Crippen LogP contribution in [0.4, 0.5) is 10.1 Å². The molecule has 1 amide bonds. The molecule has 0 aliphatic carbocycles. The highest BCUT2D eigenvalue weighted by Crippen LogP contribution is 2.40. The second-order valence-electron chi connectivity index (χ2n) is 9.11. The Balaban J connectivity index is 1.47. The zero-order chi connectivity index (χ0) is 25.4. The summed E-state index contributed by atoms with van der Waals surface area (Å²) in [5, 5.41) is 1.19. The van der Waals surface area contributed by atoms with E-state index in [-0.39, 0.29) is 24.0 Å². The van der Waals surface area contributed by atoms with Crippen molar-refractivity contribution in [1.82, 2.24) is 9.88 Å². The fourth-order valence-electron chi connectivity index (χ4n) is 4.84. The first kappa shape index (κ1) is 24.0. The molecule has 2 aliphatic rings. The van der Waals surface area contributed by atoms with Crippen molar-refractivity contribution in [3.05, 3.63) is 89.2 Å². The highest BCUT2D eigenvalue weighted by molar-refractivity contribution is 7.94. The molecule has 36 heavy (non-hydrogen) atoms. The summed E-state index contributed by atoms with van der Waals surface area (Å²) in [5.41, 5.74) is 4.42. The second kappa shape index (κ2) is 9.39. The number of hydrogen-bond donors (Lipinski definition) is 0. The van der Waals surface area contributed by atoms with Crippen LogP contribution in [0.1, 0.15) is 17.0 Å². The summed E-state index contributed by atoms with van der Waals surface area (Å²) in [4.78, 5) is 21.8.